The van der Waals surface area contributed by atoms with Gasteiger partial charge in [0.25, 0.3) is 0 Å². The molecule has 15 heavy (non-hydrogen) atoms. The molecule has 0 amide bonds. The van der Waals surface area contributed by atoms with Crippen molar-refractivity contribution in [1.29, 1.82) is 0 Å². The fourth-order valence-corrected chi connectivity index (χ4v) is 2.81. The van der Waals surface area contributed by atoms with Crippen LogP contribution in [0.1, 0.15) is 19.8 Å². The second kappa shape index (κ2) is 12.3. The first kappa shape index (κ1) is 15.3. The van der Waals surface area contributed by atoms with Gasteiger partial charge in [-0.1, -0.05) is 21.3 Å². The van der Waals surface area contributed by atoms with Crippen molar-refractivity contribution < 1.29 is 18.9 Å². The summed E-state index contributed by atoms with van der Waals surface area (Å²) in [6, 6.07) is 0. The molecule has 0 saturated carbocycles. The molecule has 0 atom stereocenters. The van der Waals surface area contributed by atoms with E-state index in [1.54, 1.807) is 14.2 Å². The molecule has 0 heterocycles. The van der Waals surface area contributed by atoms with Crippen LogP contribution in [0.2, 0.25) is 0 Å². The molecule has 0 aliphatic rings. The Hall–Kier alpha value is 0.270. The lowest BCUT2D eigenvalue weighted by Crippen LogP contribution is -2.05. The molecule has 92 valence electrons. The van der Waals surface area contributed by atoms with Crippen molar-refractivity contribution in [3.63, 3.8) is 0 Å². The molecule has 0 saturated heterocycles. The van der Waals surface area contributed by atoms with Crippen LogP contribution < -0.4 is 0 Å². The van der Waals surface area contributed by atoms with Crippen LogP contribution in [0, 0.1) is 0 Å². The van der Waals surface area contributed by atoms with Crippen molar-refractivity contribution in [3.05, 3.63) is 0 Å². The van der Waals surface area contributed by atoms with E-state index in [2.05, 4.69) is 6.92 Å². The molecule has 5 heteroatoms. The lowest BCUT2D eigenvalue weighted by molar-refractivity contribution is -0.0192. The quantitative estimate of drug-likeness (QED) is 0.315. The highest BCUT2D eigenvalue weighted by atomic mass is 31.1. The number of unbranched alkanes of at least 4 members (excludes halogenated alkanes) is 1. The summed E-state index contributed by atoms with van der Waals surface area (Å²) in [5.41, 5.74) is 0. The van der Waals surface area contributed by atoms with Crippen molar-refractivity contribution in [3.8, 4) is 0 Å². The first-order chi connectivity index (χ1) is 7.35. The van der Waals surface area contributed by atoms with Crippen LogP contribution in [0.4, 0.5) is 0 Å². The molecule has 0 aromatic carbocycles. The highest BCUT2D eigenvalue weighted by Gasteiger charge is 2.07. The van der Waals surface area contributed by atoms with E-state index < -0.39 is 0 Å². The Balaban J connectivity index is 3.53. The van der Waals surface area contributed by atoms with Gasteiger partial charge in [0.1, 0.15) is 13.6 Å². The standard InChI is InChI=1S/C10H23O4P/c1-4-5-6-15(9-13-7-11-2)10-14-8-12-3/h4-10H2,1-3H3. The van der Waals surface area contributed by atoms with E-state index in [0.717, 1.165) is 12.7 Å². The minimum atomic E-state index is -0.194. The molecule has 0 unspecified atom stereocenters. The topological polar surface area (TPSA) is 36.9 Å². The van der Waals surface area contributed by atoms with Gasteiger partial charge in [-0.05, 0) is 12.6 Å². The van der Waals surface area contributed by atoms with E-state index in [1.807, 2.05) is 0 Å². The first-order valence-corrected chi connectivity index (χ1v) is 7.10. The van der Waals surface area contributed by atoms with Crippen LogP contribution in [0.5, 0.6) is 0 Å². The molecular weight excluding hydrogens is 215 g/mol. The van der Waals surface area contributed by atoms with E-state index in [4.69, 9.17) is 18.9 Å². The third-order valence-corrected chi connectivity index (χ3v) is 3.82. The van der Waals surface area contributed by atoms with Gasteiger partial charge in [-0.15, -0.1) is 0 Å². The molecule has 0 spiro atoms. The van der Waals surface area contributed by atoms with E-state index in [-0.39, 0.29) is 7.92 Å². The van der Waals surface area contributed by atoms with Crippen molar-refractivity contribution in [2.75, 3.05) is 46.7 Å². The van der Waals surface area contributed by atoms with Crippen LogP contribution >= 0.6 is 7.92 Å². The monoisotopic (exact) mass is 238 g/mol. The molecule has 0 rings (SSSR count). The van der Waals surface area contributed by atoms with Gasteiger partial charge in [-0.25, -0.2) is 0 Å². The maximum Gasteiger partial charge on any atom is 0.146 e. The van der Waals surface area contributed by atoms with Crippen LogP contribution in [-0.2, 0) is 18.9 Å². The van der Waals surface area contributed by atoms with E-state index >= 15 is 0 Å². The van der Waals surface area contributed by atoms with E-state index in [0.29, 0.717) is 13.6 Å². The number of rotatable bonds is 11. The summed E-state index contributed by atoms with van der Waals surface area (Å²) in [7, 11) is 3.08. The van der Waals surface area contributed by atoms with Crippen molar-refractivity contribution in [1.82, 2.24) is 0 Å². The summed E-state index contributed by atoms with van der Waals surface area (Å²) in [5, 5.41) is 0. The third kappa shape index (κ3) is 10.6. The maximum absolute atomic E-state index is 5.36. The van der Waals surface area contributed by atoms with Crippen molar-refractivity contribution >= 4 is 7.92 Å². The molecule has 0 aliphatic carbocycles. The van der Waals surface area contributed by atoms with Crippen LogP contribution in [0.3, 0.4) is 0 Å². The number of hydrogen-bond donors (Lipinski definition) is 0. The number of hydrogen-bond acceptors (Lipinski definition) is 4. The fourth-order valence-electron chi connectivity index (χ4n) is 1.05. The predicted octanol–water partition coefficient (Wildman–Crippen LogP) is 2.42. The molecule has 0 fully saturated rings. The van der Waals surface area contributed by atoms with Crippen LogP contribution in [0.15, 0.2) is 0 Å². The Morgan fingerprint density at radius 1 is 0.933 bits per heavy atom. The van der Waals surface area contributed by atoms with Gasteiger partial charge in [0.2, 0.25) is 0 Å². The first-order valence-electron chi connectivity index (χ1n) is 5.20. The molecule has 0 aliphatic heterocycles. The molecular formula is C10H23O4P. The highest BCUT2D eigenvalue weighted by molar-refractivity contribution is 7.57. The average Bonchev–Trinajstić information content (AvgIpc) is 2.25. The Morgan fingerprint density at radius 3 is 1.87 bits per heavy atom. The molecule has 0 N–H and O–H groups in total. The lowest BCUT2D eigenvalue weighted by atomic mass is 10.4. The van der Waals surface area contributed by atoms with Gasteiger partial charge in [-0.2, -0.15) is 0 Å². The second-order valence-electron chi connectivity index (χ2n) is 3.23. The lowest BCUT2D eigenvalue weighted by Gasteiger charge is -2.17. The Morgan fingerprint density at radius 2 is 1.47 bits per heavy atom. The summed E-state index contributed by atoms with van der Waals surface area (Å²) in [4.78, 5) is 0. The third-order valence-electron chi connectivity index (χ3n) is 1.78. The van der Waals surface area contributed by atoms with Gasteiger partial charge < -0.3 is 18.9 Å². The average molecular weight is 238 g/mol. The Kier molecular flexibility index (Phi) is 12.6. The molecule has 0 aromatic rings. The maximum atomic E-state index is 5.36. The highest BCUT2D eigenvalue weighted by Crippen LogP contribution is 2.36. The van der Waals surface area contributed by atoms with Gasteiger partial charge in [0, 0.05) is 14.2 Å². The normalized spacial score (nSPS) is 11.2. The Bertz CT molecular complexity index is 114. The van der Waals surface area contributed by atoms with Crippen LogP contribution in [0.25, 0.3) is 0 Å². The summed E-state index contributed by atoms with van der Waals surface area (Å²) in [6.07, 6.45) is 5.16. The number of methoxy groups -OCH3 is 2. The van der Waals surface area contributed by atoms with Gasteiger partial charge in [0.15, 0.2) is 0 Å². The van der Waals surface area contributed by atoms with Crippen LogP contribution in [-0.4, -0.2) is 46.7 Å². The number of ether oxygens (including phenoxy) is 4. The minimum Gasteiger partial charge on any atom is -0.359 e. The molecule has 0 aromatic heterocycles. The molecule has 0 radical (unpaired) electrons. The SMILES string of the molecule is CCCCP(COCOC)COCOC. The smallest absolute Gasteiger partial charge is 0.146 e. The zero-order chi connectivity index (χ0) is 11.4. The molecule has 0 bridgehead atoms. The van der Waals surface area contributed by atoms with Gasteiger partial charge in [0.05, 0.1) is 12.7 Å². The Labute approximate surface area is 94.0 Å². The van der Waals surface area contributed by atoms with E-state index in [1.165, 1.54) is 19.0 Å². The zero-order valence-electron chi connectivity index (χ0n) is 10.0. The van der Waals surface area contributed by atoms with Crippen molar-refractivity contribution in [2.24, 2.45) is 0 Å². The summed E-state index contributed by atoms with van der Waals surface area (Å²) >= 11 is 0. The van der Waals surface area contributed by atoms with Gasteiger partial charge in [-0.3, -0.25) is 0 Å². The second-order valence-corrected chi connectivity index (χ2v) is 5.53. The summed E-state index contributed by atoms with van der Waals surface area (Å²) in [6.45, 7) is 2.93. The molecule has 4 nitrogen and oxygen atoms in total. The minimum absolute atomic E-state index is 0.194. The zero-order valence-corrected chi connectivity index (χ0v) is 10.9. The van der Waals surface area contributed by atoms with Gasteiger partial charge >= 0.3 is 0 Å². The largest absolute Gasteiger partial charge is 0.359 e. The van der Waals surface area contributed by atoms with E-state index in [9.17, 15) is 0 Å². The fraction of sp³-hybridized carbons (Fsp3) is 1.00. The van der Waals surface area contributed by atoms with Crippen molar-refractivity contribution in [2.45, 2.75) is 19.8 Å². The predicted molar refractivity (Wildman–Crippen MR) is 62.4 cm³/mol. The summed E-state index contributed by atoms with van der Waals surface area (Å²) in [5.74, 6) is 0. The summed E-state index contributed by atoms with van der Waals surface area (Å²) < 4.78 is 20.4.